The molecule has 0 aromatic carbocycles. The lowest BCUT2D eigenvalue weighted by molar-refractivity contribution is 0.0933. The van der Waals surface area contributed by atoms with Crippen molar-refractivity contribution in [2.24, 2.45) is 0 Å². The highest BCUT2D eigenvalue weighted by Gasteiger charge is 2.13. The van der Waals surface area contributed by atoms with E-state index in [9.17, 15) is 4.79 Å². The molecule has 2 heterocycles. The molecule has 1 unspecified atom stereocenters. The molecule has 1 atom stereocenters. The quantitative estimate of drug-likeness (QED) is 0.865. The number of nitrogens with zero attached hydrogens (tertiary/aromatic N) is 3. The highest BCUT2D eigenvalue weighted by atomic mass is 16.2. The number of aromatic nitrogens is 3. The number of pyridine rings is 1. The number of rotatable bonds is 4. The van der Waals surface area contributed by atoms with Crippen LogP contribution in [-0.2, 0) is 0 Å². The number of carbonyl (C=O) groups is 1. The van der Waals surface area contributed by atoms with Gasteiger partial charge in [0.25, 0.3) is 5.91 Å². The summed E-state index contributed by atoms with van der Waals surface area (Å²) in [5, 5.41) is 13.4. The van der Waals surface area contributed by atoms with Crippen LogP contribution in [-0.4, -0.2) is 28.1 Å². The van der Waals surface area contributed by atoms with Crippen LogP contribution in [0.3, 0.4) is 0 Å². The first-order chi connectivity index (χ1) is 9.20. The van der Waals surface area contributed by atoms with Gasteiger partial charge in [0.2, 0.25) is 0 Å². The number of hydrogen-bond donors (Lipinski definition) is 2. The van der Waals surface area contributed by atoms with Crippen molar-refractivity contribution >= 4 is 11.7 Å². The molecule has 19 heavy (non-hydrogen) atoms. The van der Waals surface area contributed by atoms with E-state index in [1.165, 1.54) is 0 Å². The molecule has 0 saturated heterocycles. The molecule has 6 heteroatoms. The molecule has 1 amide bonds. The summed E-state index contributed by atoms with van der Waals surface area (Å²) in [5.74, 6) is 0.350. The Hall–Kier alpha value is -2.50. The summed E-state index contributed by atoms with van der Waals surface area (Å²) in [6.45, 7) is 1.87. The highest BCUT2D eigenvalue weighted by Crippen LogP contribution is 2.09. The summed E-state index contributed by atoms with van der Waals surface area (Å²) < 4.78 is 0. The van der Waals surface area contributed by atoms with Crippen LogP contribution in [0.4, 0.5) is 5.82 Å². The van der Waals surface area contributed by atoms with E-state index in [1.54, 1.807) is 25.4 Å². The molecule has 0 aliphatic rings. The summed E-state index contributed by atoms with van der Waals surface area (Å²) in [6.07, 6.45) is 1.69. The second-order valence-corrected chi connectivity index (χ2v) is 4.00. The molecule has 0 aliphatic heterocycles. The topological polar surface area (TPSA) is 79.8 Å². The molecule has 0 saturated carbocycles. The van der Waals surface area contributed by atoms with Crippen molar-refractivity contribution in [3.63, 3.8) is 0 Å². The van der Waals surface area contributed by atoms with E-state index in [2.05, 4.69) is 25.8 Å². The zero-order valence-electron chi connectivity index (χ0n) is 10.8. The fraction of sp³-hybridized carbons (Fsp3) is 0.231. The van der Waals surface area contributed by atoms with E-state index in [0.29, 0.717) is 5.82 Å². The van der Waals surface area contributed by atoms with Crippen molar-refractivity contribution in [2.75, 3.05) is 12.4 Å². The van der Waals surface area contributed by atoms with E-state index >= 15 is 0 Å². The van der Waals surface area contributed by atoms with Gasteiger partial charge < -0.3 is 10.6 Å². The van der Waals surface area contributed by atoms with E-state index in [0.717, 1.165) is 5.69 Å². The predicted octanol–water partition coefficient (Wildman–Crippen LogP) is 1.40. The Bertz CT molecular complexity index is 541. The molecular weight excluding hydrogens is 242 g/mol. The maximum Gasteiger partial charge on any atom is 0.272 e. The van der Waals surface area contributed by atoms with Gasteiger partial charge in [-0.15, -0.1) is 10.2 Å². The van der Waals surface area contributed by atoms with Gasteiger partial charge in [0.05, 0.1) is 11.7 Å². The fourth-order valence-corrected chi connectivity index (χ4v) is 1.56. The van der Waals surface area contributed by atoms with Crippen LogP contribution >= 0.6 is 0 Å². The number of nitrogens with one attached hydrogen (secondary N) is 2. The first kappa shape index (κ1) is 12.9. The Balaban J connectivity index is 2.04. The van der Waals surface area contributed by atoms with Crippen LogP contribution in [0.15, 0.2) is 36.5 Å². The SMILES string of the molecule is CNc1ccc(C(=O)NC(C)c2ccccn2)nn1. The second-order valence-electron chi connectivity index (χ2n) is 4.00. The Morgan fingerprint density at radius 3 is 2.63 bits per heavy atom. The third kappa shape index (κ3) is 3.25. The minimum atomic E-state index is -0.270. The normalized spacial score (nSPS) is 11.7. The summed E-state index contributed by atoms with van der Waals surface area (Å²) in [4.78, 5) is 16.2. The van der Waals surface area contributed by atoms with E-state index in [1.807, 2.05) is 25.1 Å². The van der Waals surface area contributed by atoms with Crippen molar-refractivity contribution in [3.8, 4) is 0 Å². The molecule has 0 aliphatic carbocycles. The minimum absolute atomic E-state index is 0.181. The van der Waals surface area contributed by atoms with E-state index in [-0.39, 0.29) is 17.6 Å². The van der Waals surface area contributed by atoms with Gasteiger partial charge in [0.15, 0.2) is 5.69 Å². The van der Waals surface area contributed by atoms with Gasteiger partial charge in [-0.2, -0.15) is 0 Å². The molecule has 2 aromatic rings. The van der Waals surface area contributed by atoms with Crippen LogP contribution in [0.2, 0.25) is 0 Å². The van der Waals surface area contributed by atoms with Crippen molar-refractivity contribution in [3.05, 3.63) is 47.9 Å². The number of hydrogen-bond acceptors (Lipinski definition) is 5. The zero-order valence-corrected chi connectivity index (χ0v) is 10.8. The first-order valence-electron chi connectivity index (χ1n) is 5.94. The number of anilines is 1. The summed E-state index contributed by atoms with van der Waals surface area (Å²) in [6, 6.07) is 8.72. The molecule has 0 bridgehead atoms. The Morgan fingerprint density at radius 2 is 2.05 bits per heavy atom. The lowest BCUT2D eigenvalue weighted by Gasteiger charge is -2.12. The van der Waals surface area contributed by atoms with E-state index in [4.69, 9.17) is 0 Å². The van der Waals surface area contributed by atoms with Crippen LogP contribution in [0.5, 0.6) is 0 Å². The minimum Gasteiger partial charge on any atom is -0.372 e. The molecule has 0 radical (unpaired) electrons. The summed E-state index contributed by atoms with van der Waals surface area (Å²) >= 11 is 0. The molecule has 2 aromatic heterocycles. The van der Waals surface area contributed by atoms with Crippen molar-refractivity contribution in [1.82, 2.24) is 20.5 Å². The van der Waals surface area contributed by atoms with Gasteiger partial charge in [-0.1, -0.05) is 6.07 Å². The number of carbonyl (C=O) groups excluding carboxylic acids is 1. The fourth-order valence-electron chi connectivity index (χ4n) is 1.56. The lowest BCUT2D eigenvalue weighted by Crippen LogP contribution is -2.28. The summed E-state index contributed by atoms with van der Waals surface area (Å²) in [5.41, 5.74) is 1.08. The molecule has 2 rings (SSSR count). The van der Waals surface area contributed by atoms with Gasteiger partial charge >= 0.3 is 0 Å². The third-order valence-electron chi connectivity index (χ3n) is 2.63. The zero-order chi connectivity index (χ0) is 13.7. The average molecular weight is 257 g/mol. The standard InChI is InChI=1S/C13H15N5O/c1-9(10-5-3-4-8-15-10)16-13(19)11-6-7-12(14-2)18-17-11/h3-9H,1-2H3,(H,14,18)(H,16,19). The van der Waals surface area contributed by atoms with Gasteiger partial charge in [-0.25, -0.2) is 0 Å². The Morgan fingerprint density at radius 1 is 1.21 bits per heavy atom. The van der Waals surface area contributed by atoms with Gasteiger partial charge in [0, 0.05) is 13.2 Å². The second kappa shape index (κ2) is 5.90. The van der Waals surface area contributed by atoms with Crippen molar-refractivity contribution in [1.29, 1.82) is 0 Å². The van der Waals surface area contributed by atoms with Crippen LogP contribution in [0, 0.1) is 0 Å². The highest BCUT2D eigenvalue weighted by molar-refractivity contribution is 5.92. The molecule has 2 N–H and O–H groups in total. The average Bonchev–Trinajstić information content (AvgIpc) is 2.48. The van der Waals surface area contributed by atoms with Crippen molar-refractivity contribution in [2.45, 2.75) is 13.0 Å². The Kier molecular flexibility index (Phi) is 4.02. The number of amides is 1. The largest absolute Gasteiger partial charge is 0.372 e. The van der Waals surface area contributed by atoms with Crippen LogP contribution in [0.1, 0.15) is 29.1 Å². The lowest BCUT2D eigenvalue weighted by atomic mass is 10.2. The van der Waals surface area contributed by atoms with Gasteiger partial charge in [0.1, 0.15) is 5.82 Å². The Labute approximate surface area is 111 Å². The third-order valence-corrected chi connectivity index (χ3v) is 2.63. The maximum absolute atomic E-state index is 12.0. The summed E-state index contributed by atoms with van der Waals surface area (Å²) in [7, 11) is 1.74. The molecular formula is C13H15N5O. The van der Waals surface area contributed by atoms with E-state index < -0.39 is 0 Å². The molecule has 98 valence electrons. The monoisotopic (exact) mass is 257 g/mol. The maximum atomic E-state index is 12.0. The molecule has 6 nitrogen and oxygen atoms in total. The first-order valence-corrected chi connectivity index (χ1v) is 5.94. The van der Waals surface area contributed by atoms with Crippen LogP contribution in [0.25, 0.3) is 0 Å². The molecule has 0 spiro atoms. The van der Waals surface area contributed by atoms with Gasteiger partial charge in [-0.05, 0) is 31.2 Å². The van der Waals surface area contributed by atoms with Gasteiger partial charge in [-0.3, -0.25) is 9.78 Å². The predicted molar refractivity (Wildman–Crippen MR) is 71.7 cm³/mol. The van der Waals surface area contributed by atoms with Crippen LogP contribution < -0.4 is 10.6 Å². The molecule has 0 fully saturated rings. The smallest absolute Gasteiger partial charge is 0.272 e. The van der Waals surface area contributed by atoms with Crippen molar-refractivity contribution < 1.29 is 4.79 Å².